The van der Waals surface area contributed by atoms with Gasteiger partial charge in [-0.05, 0) is 30.7 Å². The van der Waals surface area contributed by atoms with Crippen LogP contribution in [0.3, 0.4) is 0 Å². The summed E-state index contributed by atoms with van der Waals surface area (Å²) in [6, 6.07) is 5.70. The maximum Gasteiger partial charge on any atom is 0.326 e. The van der Waals surface area contributed by atoms with Crippen LogP contribution in [0.4, 0.5) is 0 Å². The molecule has 182 valence electrons. The molecule has 7 N–H and O–H groups in total. The molecule has 1 aromatic carbocycles. The van der Waals surface area contributed by atoms with E-state index < -0.39 is 60.8 Å². The number of rotatable bonds is 14. The van der Waals surface area contributed by atoms with Gasteiger partial charge in [-0.25, -0.2) is 4.79 Å². The summed E-state index contributed by atoms with van der Waals surface area (Å²) in [5.41, 5.74) is 6.74. The number of amides is 3. The minimum absolute atomic E-state index is 0.0247. The Morgan fingerprint density at radius 3 is 2.12 bits per heavy atom. The Morgan fingerprint density at radius 1 is 0.939 bits per heavy atom. The summed E-state index contributed by atoms with van der Waals surface area (Å²) in [5.74, 6) is -4.47. The number of carbonyl (C=O) groups is 5. The molecule has 0 aromatic heterocycles. The average Bonchev–Trinajstić information content (AvgIpc) is 2.74. The molecule has 0 saturated carbocycles. The van der Waals surface area contributed by atoms with Crippen LogP contribution in [0.5, 0.6) is 0 Å². The predicted octanol–water partition coefficient (Wildman–Crippen LogP) is -0.362. The van der Waals surface area contributed by atoms with Crippen LogP contribution in [0.15, 0.2) is 30.3 Å². The van der Waals surface area contributed by atoms with Crippen molar-refractivity contribution in [2.75, 3.05) is 6.54 Å². The number of carboxylic acids is 2. The second-order valence-electron chi connectivity index (χ2n) is 8.10. The molecule has 0 aliphatic rings. The molecule has 1 rings (SSSR count). The molecule has 11 nitrogen and oxygen atoms in total. The third-order valence-corrected chi connectivity index (χ3v) is 4.68. The van der Waals surface area contributed by atoms with E-state index >= 15 is 0 Å². The molecule has 1 aromatic rings. The molecule has 3 amide bonds. The van der Waals surface area contributed by atoms with Crippen molar-refractivity contribution in [3.05, 3.63) is 35.9 Å². The molecular formula is C22H32N4O7. The zero-order valence-electron chi connectivity index (χ0n) is 18.7. The highest BCUT2D eigenvalue weighted by atomic mass is 16.4. The van der Waals surface area contributed by atoms with E-state index in [0.29, 0.717) is 0 Å². The molecule has 33 heavy (non-hydrogen) atoms. The lowest BCUT2D eigenvalue weighted by Crippen LogP contribution is -2.54. The highest BCUT2D eigenvalue weighted by Gasteiger charge is 2.26. The molecule has 0 aliphatic heterocycles. The molecule has 0 aliphatic carbocycles. The second-order valence-corrected chi connectivity index (χ2v) is 8.10. The maximum absolute atomic E-state index is 12.5. The van der Waals surface area contributed by atoms with Crippen LogP contribution in [0.1, 0.15) is 38.7 Å². The van der Waals surface area contributed by atoms with Crippen molar-refractivity contribution in [3.63, 3.8) is 0 Å². The van der Waals surface area contributed by atoms with E-state index in [-0.39, 0.29) is 25.2 Å². The van der Waals surface area contributed by atoms with Crippen molar-refractivity contribution in [1.29, 1.82) is 0 Å². The van der Waals surface area contributed by atoms with Crippen molar-refractivity contribution in [3.8, 4) is 0 Å². The summed E-state index contributed by atoms with van der Waals surface area (Å²) >= 11 is 0. The molecule has 0 radical (unpaired) electrons. The number of benzene rings is 1. The Morgan fingerprint density at radius 2 is 1.58 bits per heavy atom. The predicted molar refractivity (Wildman–Crippen MR) is 119 cm³/mol. The fourth-order valence-electron chi connectivity index (χ4n) is 3.00. The van der Waals surface area contributed by atoms with Gasteiger partial charge in [0.25, 0.3) is 0 Å². The fourth-order valence-corrected chi connectivity index (χ4v) is 3.00. The number of hydrogen-bond donors (Lipinski definition) is 6. The molecule has 3 atom stereocenters. The highest BCUT2D eigenvalue weighted by Crippen LogP contribution is 2.06. The number of carboxylic acid groups (broad SMARTS) is 2. The average molecular weight is 465 g/mol. The zero-order valence-corrected chi connectivity index (χ0v) is 18.7. The fraction of sp³-hybridized carbons (Fsp3) is 0.500. The first-order chi connectivity index (χ1) is 15.5. The van der Waals surface area contributed by atoms with E-state index in [4.69, 9.17) is 10.8 Å². The first-order valence-electron chi connectivity index (χ1n) is 10.6. The molecule has 0 fully saturated rings. The maximum atomic E-state index is 12.5. The summed E-state index contributed by atoms with van der Waals surface area (Å²) < 4.78 is 0. The lowest BCUT2D eigenvalue weighted by molar-refractivity contribution is -0.142. The van der Waals surface area contributed by atoms with Gasteiger partial charge in [0, 0.05) is 6.42 Å². The largest absolute Gasteiger partial charge is 0.481 e. The van der Waals surface area contributed by atoms with Crippen molar-refractivity contribution in [1.82, 2.24) is 16.0 Å². The first kappa shape index (κ1) is 27.6. The van der Waals surface area contributed by atoms with Gasteiger partial charge < -0.3 is 31.9 Å². The van der Waals surface area contributed by atoms with Crippen LogP contribution in [0.25, 0.3) is 0 Å². The quantitative estimate of drug-likeness (QED) is 0.215. The SMILES string of the molecule is CC(C)CC(NC(=O)CNC(=O)C(CCC(=O)O)NC(=O)C(N)Cc1ccccc1)C(=O)O. The standard InChI is InChI=1S/C22H32N4O7/c1-13(2)10-17(22(32)33)25-18(27)12-24-21(31)16(8-9-19(28)29)26-20(30)15(23)11-14-6-4-3-5-7-14/h3-7,13,15-17H,8-12,23H2,1-2H3,(H,24,31)(H,25,27)(H,26,30)(H,28,29)(H,32,33). The third kappa shape index (κ3) is 11.1. The Balaban J connectivity index is 2.69. The van der Waals surface area contributed by atoms with Crippen LogP contribution in [0.2, 0.25) is 0 Å². The minimum Gasteiger partial charge on any atom is -0.481 e. The molecule has 0 bridgehead atoms. The van der Waals surface area contributed by atoms with Gasteiger partial charge in [-0.15, -0.1) is 0 Å². The number of carbonyl (C=O) groups excluding carboxylic acids is 3. The lowest BCUT2D eigenvalue weighted by atomic mass is 10.0. The van der Waals surface area contributed by atoms with E-state index in [9.17, 15) is 29.1 Å². The van der Waals surface area contributed by atoms with Crippen molar-refractivity contribution < 1.29 is 34.2 Å². The summed E-state index contributed by atoms with van der Waals surface area (Å²) in [5, 5.41) is 25.2. The Bertz CT molecular complexity index is 829. The molecule has 0 saturated heterocycles. The summed E-state index contributed by atoms with van der Waals surface area (Å²) in [6.45, 7) is 3.08. The third-order valence-electron chi connectivity index (χ3n) is 4.68. The number of nitrogens with one attached hydrogen (secondary N) is 3. The van der Waals surface area contributed by atoms with Crippen LogP contribution in [-0.2, 0) is 30.4 Å². The first-order valence-corrected chi connectivity index (χ1v) is 10.6. The van der Waals surface area contributed by atoms with Crippen LogP contribution >= 0.6 is 0 Å². The lowest BCUT2D eigenvalue weighted by Gasteiger charge is -2.21. The van der Waals surface area contributed by atoms with Gasteiger partial charge in [0.05, 0.1) is 12.6 Å². The van der Waals surface area contributed by atoms with E-state index in [1.807, 2.05) is 19.9 Å². The van der Waals surface area contributed by atoms with Crippen LogP contribution < -0.4 is 21.7 Å². The van der Waals surface area contributed by atoms with Gasteiger partial charge >= 0.3 is 11.9 Å². The van der Waals surface area contributed by atoms with Crippen molar-refractivity contribution in [2.24, 2.45) is 11.7 Å². The summed E-state index contributed by atoms with van der Waals surface area (Å²) in [6.07, 6.45) is -0.175. The number of nitrogens with two attached hydrogens (primary N) is 1. The van der Waals surface area contributed by atoms with E-state index in [1.165, 1.54) is 0 Å². The van der Waals surface area contributed by atoms with Gasteiger partial charge in [0.1, 0.15) is 12.1 Å². The van der Waals surface area contributed by atoms with Crippen LogP contribution in [0, 0.1) is 5.92 Å². The smallest absolute Gasteiger partial charge is 0.326 e. The van der Waals surface area contributed by atoms with Gasteiger partial charge in [-0.3, -0.25) is 19.2 Å². The monoisotopic (exact) mass is 464 g/mol. The van der Waals surface area contributed by atoms with Crippen molar-refractivity contribution in [2.45, 2.75) is 57.7 Å². The molecule has 0 heterocycles. The second kappa shape index (κ2) is 13.8. The van der Waals surface area contributed by atoms with E-state index in [2.05, 4.69) is 16.0 Å². The Kier molecular flexibility index (Phi) is 11.6. The molecular weight excluding hydrogens is 432 g/mol. The number of aliphatic carboxylic acids is 2. The highest BCUT2D eigenvalue weighted by molar-refractivity contribution is 5.92. The van der Waals surface area contributed by atoms with Gasteiger partial charge in [0.2, 0.25) is 17.7 Å². The Hall–Kier alpha value is -3.47. The topological polar surface area (TPSA) is 188 Å². The minimum atomic E-state index is -1.23. The van der Waals surface area contributed by atoms with Crippen LogP contribution in [-0.4, -0.2) is 64.5 Å². The van der Waals surface area contributed by atoms with E-state index in [1.54, 1.807) is 24.3 Å². The van der Waals surface area contributed by atoms with Gasteiger partial charge in [-0.2, -0.15) is 0 Å². The summed E-state index contributed by atoms with van der Waals surface area (Å²) in [4.78, 5) is 59.3. The zero-order chi connectivity index (χ0) is 25.0. The summed E-state index contributed by atoms with van der Waals surface area (Å²) in [7, 11) is 0. The molecule has 3 unspecified atom stereocenters. The normalized spacial score (nSPS) is 13.5. The number of hydrogen-bond acceptors (Lipinski definition) is 6. The van der Waals surface area contributed by atoms with Gasteiger partial charge in [-0.1, -0.05) is 44.2 Å². The molecule has 11 heteroatoms. The Labute approximate surface area is 192 Å². The van der Waals surface area contributed by atoms with E-state index in [0.717, 1.165) is 5.56 Å². The van der Waals surface area contributed by atoms with Crippen molar-refractivity contribution >= 4 is 29.7 Å². The molecule has 0 spiro atoms. The van der Waals surface area contributed by atoms with Gasteiger partial charge in [0.15, 0.2) is 0 Å².